The average molecular weight is 482 g/mol. The Morgan fingerprint density at radius 2 is 1.88 bits per heavy atom. The van der Waals surface area contributed by atoms with Crippen molar-refractivity contribution in [2.75, 3.05) is 5.32 Å². The van der Waals surface area contributed by atoms with Crippen molar-refractivity contribution in [3.05, 3.63) is 93.0 Å². The van der Waals surface area contributed by atoms with E-state index < -0.39 is 23.1 Å². The molecule has 5 rings (SSSR count). The zero-order valence-corrected chi connectivity index (χ0v) is 18.1. The van der Waals surface area contributed by atoms with Crippen LogP contribution in [0.3, 0.4) is 0 Å². The van der Waals surface area contributed by atoms with Crippen LogP contribution >= 0.6 is 11.6 Å². The van der Waals surface area contributed by atoms with E-state index in [1.54, 1.807) is 6.92 Å². The molecule has 0 aliphatic rings. The summed E-state index contributed by atoms with van der Waals surface area (Å²) in [5, 5.41) is 11.2. The third kappa shape index (κ3) is 3.71. The number of nitrogens with one attached hydrogen (secondary N) is 2. The van der Waals surface area contributed by atoms with Crippen LogP contribution in [0.1, 0.15) is 16.1 Å². The summed E-state index contributed by atoms with van der Waals surface area (Å²) in [6.45, 7) is 1.67. The molecule has 0 fully saturated rings. The highest BCUT2D eigenvalue weighted by Gasteiger charge is 2.20. The number of hydrogen-bond donors (Lipinski definition) is 2. The number of H-pyrrole nitrogens is 1. The maximum atomic E-state index is 14.2. The van der Waals surface area contributed by atoms with Gasteiger partial charge in [-0.25, -0.2) is 13.5 Å². The van der Waals surface area contributed by atoms with Crippen molar-refractivity contribution in [1.29, 1.82) is 0 Å². The lowest BCUT2D eigenvalue weighted by Crippen LogP contribution is -2.20. The van der Waals surface area contributed by atoms with Crippen molar-refractivity contribution in [3.63, 3.8) is 0 Å². The lowest BCUT2D eigenvalue weighted by atomic mass is 10.2. The fraction of sp³-hybridized carbons (Fsp3) is 0.0455. The van der Waals surface area contributed by atoms with Gasteiger partial charge in [0.2, 0.25) is 5.95 Å². The molecule has 2 N–H and O–H groups in total. The third-order valence-corrected chi connectivity index (χ3v) is 5.28. The van der Waals surface area contributed by atoms with E-state index in [-0.39, 0.29) is 33.4 Å². The molecule has 0 saturated heterocycles. The zero-order valence-electron chi connectivity index (χ0n) is 17.4. The highest BCUT2D eigenvalue weighted by atomic mass is 35.5. The quantitative estimate of drug-likeness (QED) is 0.406. The molecule has 0 aliphatic heterocycles. The minimum absolute atomic E-state index is 0.0237. The van der Waals surface area contributed by atoms with E-state index in [1.807, 2.05) is 0 Å². The van der Waals surface area contributed by atoms with Crippen LogP contribution in [0, 0.1) is 18.6 Å². The number of anilines is 1. The SMILES string of the molecule is Cc1cc(NC(=O)c2c(F)cccc2Cl)n(-c2nc3c(cnn3-c3ccc(F)cc3)c(=O)[nH]2)n1. The summed E-state index contributed by atoms with van der Waals surface area (Å²) in [7, 11) is 0. The second-order valence-electron chi connectivity index (χ2n) is 7.29. The van der Waals surface area contributed by atoms with Crippen LogP contribution in [0.5, 0.6) is 0 Å². The second-order valence-corrected chi connectivity index (χ2v) is 7.70. The van der Waals surface area contributed by atoms with Gasteiger partial charge in [-0.05, 0) is 43.3 Å². The smallest absolute Gasteiger partial charge is 0.263 e. The molecule has 1 amide bonds. The van der Waals surface area contributed by atoms with E-state index in [0.29, 0.717) is 11.4 Å². The predicted octanol–water partition coefficient (Wildman–Crippen LogP) is 3.79. The number of fused-ring (bicyclic) bond motifs is 1. The minimum atomic E-state index is -0.802. The minimum Gasteiger partial charge on any atom is -0.306 e. The molecule has 0 saturated carbocycles. The topological polar surface area (TPSA) is 110 Å². The first-order chi connectivity index (χ1) is 16.3. The second kappa shape index (κ2) is 8.19. The Kier molecular flexibility index (Phi) is 5.17. The highest BCUT2D eigenvalue weighted by molar-refractivity contribution is 6.34. The van der Waals surface area contributed by atoms with Crippen molar-refractivity contribution in [3.8, 4) is 11.6 Å². The van der Waals surface area contributed by atoms with Crippen molar-refractivity contribution in [2.24, 2.45) is 0 Å². The lowest BCUT2D eigenvalue weighted by molar-refractivity contribution is 0.102. The van der Waals surface area contributed by atoms with Crippen molar-refractivity contribution in [1.82, 2.24) is 29.5 Å². The van der Waals surface area contributed by atoms with Gasteiger partial charge in [0.25, 0.3) is 11.5 Å². The number of carbonyl (C=O) groups is 1. The summed E-state index contributed by atoms with van der Waals surface area (Å²) in [5.41, 5.74) is 0.328. The molecule has 0 spiro atoms. The first-order valence-electron chi connectivity index (χ1n) is 9.88. The molecule has 2 aromatic carbocycles. The number of benzene rings is 2. The summed E-state index contributed by atoms with van der Waals surface area (Å²) in [4.78, 5) is 32.5. The first-order valence-corrected chi connectivity index (χ1v) is 10.3. The molecular formula is C22H14ClF2N7O2. The third-order valence-electron chi connectivity index (χ3n) is 4.96. The molecule has 0 aliphatic carbocycles. The lowest BCUT2D eigenvalue weighted by Gasteiger charge is -2.10. The van der Waals surface area contributed by atoms with Gasteiger partial charge in [0.05, 0.1) is 28.2 Å². The monoisotopic (exact) mass is 481 g/mol. The Labute approximate surface area is 194 Å². The fourth-order valence-electron chi connectivity index (χ4n) is 3.42. The number of hydrogen-bond acceptors (Lipinski definition) is 5. The Morgan fingerprint density at radius 3 is 2.62 bits per heavy atom. The van der Waals surface area contributed by atoms with Gasteiger partial charge in [-0.1, -0.05) is 17.7 Å². The molecule has 34 heavy (non-hydrogen) atoms. The van der Waals surface area contributed by atoms with Crippen molar-refractivity contribution < 1.29 is 13.6 Å². The highest BCUT2D eigenvalue weighted by Crippen LogP contribution is 2.22. The van der Waals surface area contributed by atoms with E-state index in [0.717, 1.165) is 6.07 Å². The molecule has 0 unspecified atom stereocenters. The summed E-state index contributed by atoms with van der Waals surface area (Å²) in [6.07, 6.45) is 1.34. The van der Waals surface area contributed by atoms with E-state index in [4.69, 9.17) is 11.6 Å². The molecule has 0 bridgehead atoms. The van der Waals surface area contributed by atoms with Gasteiger partial charge in [-0.15, -0.1) is 0 Å². The van der Waals surface area contributed by atoms with Crippen LogP contribution in [0.4, 0.5) is 14.6 Å². The number of rotatable bonds is 4. The maximum absolute atomic E-state index is 14.2. The van der Waals surface area contributed by atoms with Crippen LogP contribution in [-0.2, 0) is 0 Å². The number of aromatic nitrogens is 6. The molecule has 5 aromatic rings. The summed E-state index contributed by atoms with van der Waals surface area (Å²) >= 11 is 6.00. The van der Waals surface area contributed by atoms with Crippen LogP contribution in [0.2, 0.25) is 5.02 Å². The predicted molar refractivity (Wildman–Crippen MR) is 121 cm³/mol. The van der Waals surface area contributed by atoms with Crippen LogP contribution in [0.25, 0.3) is 22.7 Å². The molecule has 0 radical (unpaired) electrons. The zero-order chi connectivity index (χ0) is 24.0. The Hall–Kier alpha value is -4.38. The summed E-state index contributed by atoms with van der Waals surface area (Å²) in [5.74, 6) is -1.91. The van der Waals surface area contributed by atoms with Crippen LogP contribution < -0.4 is 10.9 Å². The molecule has 3 heterocycles. The van der Waals surface area contributed by atoms with E-state index in [9.17, 15) is 18.4 Å². The summed E-state index contributed by atoms with van der Waals surface area (Å²) < 4.78 is 30.1. The Balaban J connectivity index is 1.60. The van der Waals surface area contributed by atoms with Crippen molar-refractivity contribution in [2.45, 2.75) is 6.92 Å². The van der Waals surface area contributed by atoms with Gasteiger partial charge >= 0.3 is 0 Å². The largest absolute Gasteiger partial charge is 0.306 e. The molecule has 0 atom stereocenters. The van der Waals surface area contributed by atoms with Gasteiger partial charge in [0.15, 0.2) is 5.65 Å². The Bertz CT molecular complexity index is 1600. The van der Waals surface area contributed by atoms with Gasteiger partial charge in [-0.3, -0.25) is 14.6 Å². The van der Waals surface area contributed by atoms with Crippen LogP contribution in [-0.4, -0.2) is 35.4 Å². The molecule has 170 valence electrons. The molecule has 3 aromatic heterocycles. The Morgan fingerprint density at radius 1 is 1.12 bits per heavy atom. The number of aromatic amines is 1. The first kappa shape index (κ1) is 21.5. The van der Waals surface area contributed by atoms with Crippen LogP contribution in [0.15, 0.2) is 59.5 Å². The molecular weight excluding hydrogens is 468 g/mol. The number of carbonyl (C=O) groups excluding carboxylic acids is 1. The van der Waals surface area contributed by atoms with Gasteiger partial charge in [0.1, 0.15) is 22.8 Å². The van der Waals surface area contributed by atoms with E-state index >= 15 is 0 Å². The normalized spacial score (nSPS) is 11.2. The fourth-order valence-corrected chi connectivity index (χ4v) is 3.67. The number of halogens is 3. The van der Waals surface area contributed by atoms with E-state index in [2.05, 4.69) is 25.5 Å². The number of nitrogens with zero attached hydrogens (tertiary/aromatic N) is 5. The number of aryl methyl sites for hydroxylation is 1. The number of amides is 1. The van der Waals surface area contributed by atoms with Gasteiger partial charge in [-0.2, -0.15) is 19.9 Å². The van der Waals surface area contributed by atoms with Gasteiger partial charge < -0.3 is 5.32 Å². The standard InChI is InChI=1S/C22H14ClF2N7O2/c1-11-9-17(27-21(34)18-15(23)3-2-4-16(18)25)32(30-11)22-28-19-14(20(33)29-22)10-26-31(19)13-7-5-12(24)6-8-13/h2-10H,1H3,(H,27,34)(H,28,29,33). The summed E-state index contributed by atoms with van der Waals surface area (Å²) in [6, 6.07) is 10.9. The van der Waals surface area contributed by atoms with Gasteiger partial charge in [0, 0.05) is 6.07 Å². The van der Waals surface area contributed by atoms with E-state index in [1.165, 1.54) is 58.0 Å². The average Bonchev–Trinajstić information content (AvgIpc) is 3.38. The maximum Gasteiger partial charge on any atom is 0.263 e. The molecule has 12 heteroatoms. The molecule has 9 nitrogen and oxygen atoms in total. The van der Waals surface area contributed by atoms with Crippen molar-refractivity contribution >= 4 is 34.4 Å².